The number of hydrogen-bond acceptors (Lipinski definition) is 3. The molecule has 7 heteroatoms. The summed E-state index contributed by atoms with van der Waals surface area (Å²) in [5.41, 5.74) is -0.185. The van der Waals surface area contributed by atoms with Crippen molar-refractivity contribution >= 4 is 17.4 Å². The predicted octanol–water partition coefficient (Wildman–Crippen LogP) is 2.66. The Morgan fingerprint density at radius 2 is 2.16 bits per heavy atom. The van der Waals surface area contributed by atoms with Crippen LogP contribution in [0.15, 0.2) is 18.2 Å². The van der Waals surface area contributed by atoms with Crippen molar-refractivity contribution in [2.24, 2.45) is 0 Å². The van der Waals surface area contributed by atoms with Gasteiger partial charge in [0.1, 0.15) is 24.0 Å². The summed E-state index contributed by atoms with van der Waals surface area (Å²) in [7, 11) is 0. The van der Waals surface area contributed by atoms with Crippen LogP contribution in [0.4, 0.5) is 8.78 Å². The summed E-state index contributed by atoms with van der Waals surface area (Å²) >= 11 is 5.65. The van der Waals surface area contributed by atoms with E-state index in [2.05, 4.69) is 10.1 Å². The van der Waals surface area contributed by atoms with Crippen molar-refractivity contribution in [1.29, 1.82) is 0 Å². The number of carbonyl (C=O) groups is 1. The molecule has 100 valence electrons. The molecule has 1 aromatic carbocycles. The van der Waals surface area contributed by atoms with Crippen LogP contribution in [-0.4, -0.2) is 20.5 Å². The van der Waals surface area contributed by atoms with Crippen molar-refractivity contribution in [3.05, 3.63) is 46.5 Å². The monoisotopic (exact) mass is 285 g/mol. The molecule has 0 saturated carbocycles. The molecule has 0 N–H and O–H groups in total. The molecular weight excluding hydrogens is 276 g/mol. The first-order valence-electron chi connectivity index (χ1n) is 5.58. The molecule has 0 saturated heterocycles. The van der Waals surface area contributed by atoms with E-state index in [0.29, 0.717) is 18.3 Å². The van der Waals surface area contributed by atoms with Gasteiger partial charge in [-0.25, -0.2) is 18.4 Å². The van der Waals surface area contributed by atoms with Crippen molar-refractivity contribution in [2.75, 3.05) is 0 Å². The average molecular weight is 286 g/mol. The molecule has 0 atom stereocenters. The van der Waals surface area contributed by atoms with Gasteiger partial charge in [-0.05, 0) is 23.7 Å². The van der Waals surface area contributed by atoms with Gasteiger partial charge in [0, 0.05) is 12.5 Å². The number of aromatic nitrogens is 3. The van der Waals surface area contributed by atoms with E-state index < -0.39 is 17.4 Å². The maximum Gasteiger partial charge on any atom is 0.242 e. The van der Waals surface area contributed by atoms with Crippen molar-refractivity contribution in [3.63, 3.8) is 0 Å². The van der Waals surface area contributed by atoms with Crippen molar-refractivity contribution < 1.29 is 13.6 Å². The van der Waals surface area contributed by atoms with Gasteiger partial charge in [-0.1, -0.05) is 6.92 Å². The van der Waals surface area contributed by atoms with E-state index in [1.165, 1.54) is 4.68 Å². The number of hydrogen-bond donors (Lipinski definition) is 0. The smallest absolute Gasteiger partial charge is 0.242 e. The summed E-state index contributed by atoms with van der Waals surface area (Å²) < 4.78 is 27.5. The van der Waals surface area contributed by atoms with E-state index in [4.69, 9.17) is 11.6 Å². The molecule has 2 aromatic rings. The molecule has 0 bridgehead atoms. The molecule has 19 heavy (non-hydrogen) atoms. The summed E-state index contributed by atoms with van der Waals surface area (Å²) in [5, 5.41) is 3.88. The Bertz CT molecular complexity index is 627. The molecule has 0 spiro atoms. The van der Waals surface area contributed by atoms with E-state index in [9.17, 15) is 13.6 Å². The minimum absolute atomic E-state index is 0.0317. The summed E-state index contributed by atoms with van der Waals surface area (Å²) in [6, 6.07) is 2.81. The molecule has 0 aliphatic heterocycles. The van der Waals surface area contributed by atoms with E-state index in [-0.39, 0.29) is 17.4 Å². The highest BCUT2D eigenvalue weighted by Gasteiger charge is 2.16. The zero-order chi connectivity index (χ0) is 14.0. The molecule has 0 aliphatic carbocycles. The van der Waals surface area contributed by atoms with E-state index in [1.54, 1.807) is 0 Å². The number of rotatable bonds is 4. The highest BCUT2D eigenvalue weighted by molar-refractivity contribution is 6.28. The number of benzene rings is 1. The minimum Gasteiger partial charge on any atom is -0.292 e. The third kappa shape index (κ3) is 2.96. The van der Waals surface area contributed by atoms with Crippen LogP contribution >= 0.6 is 11.6 Å². The molecule has 0 radical (unpaired) electrons. The van der Waals surface area contributed by atoms with Crippen LogP contribution in [0.25, 0.3) is 0 Å². The molecule has 1 aromatic heterocycles. The SMILES string of the molecule is CCc1nc(Cl)nn1CC(=O)c1ccc(F)cc1F. The first-order chi connectivity index (χ1) is 9.01. The maximum atomic E-state index is 13.5. The summed E-state index contributed by atoms with van der Waals surface area (Å²) in [6.45, 7) is 1.64. The van der Waals surface area contributed by atoms with Gasteiger partial charge in [0.25, 0.3) is 0 Å². The highest BCUT2D eigenvalue weighted by Crippen LogP contribution is 2.12. The number of ketones is 1. The van der Waals surface area contributed by atoms with Gasteiger partial charge in [-0.15, -0.1) is 5.10 Å². The summed E-state index contributed by atoms with van der Waals surface area (Å²) in [6.07, 6.45) is 0.541. The lowest BCUT2D eigenvalue weighted by molar-refractivity contribution is 0.0962. The summed E-state index contributed by atoms with van der Waals surface area (Å²) in [4.78, 5) is 15.9. The predicted molar refractivity (Wildman–Crippen MR) is 65.1 cm³/mol. The van der Waals surface area contributed by atoms with Crippen LogP contribution in [0.1, 0.15) is 23.1 Å². The first-order valence-corrected chi connectivity index (χ1v) is 5.96. The van der Waals surface area contributed by atoms with Gasteiger partial charge in [-0.3, -0.25) is 4.79 Å². The molecule has 0 amide bonds. The second-order valence-electron chi connectivity index (χ2n) is 3.86. The molecule has 0 fully saturated rings. The average Bonchev–Trinajstić information content (AvgIpc) is 2.69. The van der Waals surface area contributed by atoms with Crippen LogP contribution in [0.2, 0.25) is 5.28 Å². The van der Waals surface area contributed by atoms with Gasteiger partial charge < -0.3 is 0 Å². The fourth-order valence-corrected chi connectivity index (χ4v) is 1.86. The van der Waals surface area contributed by atoms with Gasteiger partial charge in [0.05, 0.1) is 5.56 Å². The zero-order valence-corrected chi connectivity index (χ0v) is 10.8. The molecule has 0 unspecified atom stereocenters. The van der Waals surface area contributed by atoms with Gasteiger partial charge in [0.15, 0.2) is 5.78 Å². The van der Waals surface area contributed by atoms with E-state index in [1.807, 2.05) is 6.92 Å². The molecular formula is C12H10ClF2N3O. The first kappa shape index (κ1) is 13.6. The second-order valence-corrected chi connectivity index (χ2v) is 4.19. The molecule has 0 aliphatic rings. The number of halogens is 3. The Morgan fingerprint density at radius 1 is 1.42 bits per heavy atom. The fraction of sp³-hybridized carbons (Fsp3) is 0.250. The van der Waals surface area contributed by atoms with Gasteiger partial charge in [-0.2, -0.15) is 0 Å². The lowest BCUT2D eigenvalue weighted by Gasteiger charge is -2.05. The number of nitrogens with zero attached hydrogens (tertiary/aromatic N) is 3. The van der Waals surface area contributed by atoms with Gasteiger partial charge in [0.2, 0.25) is 5.28 Å². The third-order valence-electron chi connectivity index (χ3n) is 2.56. The second kappa shape index (κ2) is 5.44. The van der Waals surface area contributed by atoms with Crippen LogP contribution in [-0.2, 0) is 13.0 Å². The highest BCUT2D eigenvalue weighted by atomic mass is 35.5. The normalized spacial score (nSPS) is 10.7. The maximum absolute atomic E-state index is 13.5. The molecule has 4 nitrogen and oxygen atoms in total. The number of Topliss-reactive ketones (excluding diaryl/α,β-unsaturated/α-hetero) is 1. The standard InChI is InChI=1S/C12H10ClF2N3O/c1-2-11-16-12(13)17-18(11)6-10(19)8-4-3-7(14)5-9(8)15/h3-5H,2,6H2,1H3. The van der Waals surface area contributed by atoms with Crippen LogP contribution in [0, 0.1) is 11.6 Å². The topological polar surface area (TPSA) is 47.8 Å². The van der Waals surface area contributed by atoms with Crippen LogP contribution in [0.5, 0.6) is 0 Å². The quantitative estimate of drug-likeness (QED) is 0.812. The Labute approximate surface area is 113 Å². The number of aryl methyl sites for hydroxylation is 1. The lowest BCUT2D eigenvalue weighted by Crippen LogP contribution is -2.15. The third-order valence-corrected chi connectivity index (χ3v) is 2.72. The molecule has 2 rings (SSSR count). The summed E-state index contributed by atoms with van der Waals surface area (Å²) in [5.74, 6) is -1.61. The Balaban J connectivity index is 2.25. The Morgan fingerprint density at radius 3 is 2.79 bits per heavy atom. The van der Waals surface area contributed by atoms with Gasteiger partial charge >= 0.3 is 0 Å². The van der Waals surface area contributed by atoms with E-state index in [0.717, 1.165) is 12.1 Å². The Hall–Kier alpha value is -1.82. The number of carbonyl (C=O) groups excluding carboxylic acids is 1. The van der Waals surface area contributed by atoms with Crippen molar-refractivity contribution in [3.8, 4) is 0 Å². The largest absolute Gasteiger partial charge is 0.292 e. The zero-order valence-electron chi connectivity index (χ0n) is 10.0. The van der Waals surface area contributed by atoms with Crippen molar-refractivity contribution in [2.45, 2.75) is 19.9 Å². The lowest BCUT2D eigenvalue weighted by atomic mass is 10.1. The molecule has 1 heterocycles. The van der Waals surface area contributed by atoms with E-state index >= 15 is 0 Å². The van der Waals surface area contributed by atoms with Crippen molar-refractivity contribution in [1.82, 2.24) is 14.8 Å². The Kier molecular flexibility index (Phi) is 3.90. The fourth-order valence-electron chi connectivity index (χ4n) is 1.67. The van der Waals surface area contributed by atoms with Crippen LogP contribution < -0.4 is 0 Å². The van der Waals surface area contributed by atoms with Crippen LogP contribution in [0.3, 0.4) is 0 Å². The minimum atomic E-state index is -0.894.